The Hall–Kier alpha value is -0.450. The van der Waals surface area contributed by atoms with Crippen molar-refractivity contribution < 1.29 is 4.74 Å². The fraction of sp³-hybridized carbons (Fsp3) is 0.700. The summed E-state index contributed by atoms with van der Waals surface area (Å²) < 4.78 is 4.94. The molecule has 0 spiro atoms. The summed E-state index contributed by atoms with van der Waals surface area (Å²) in [5, 5.41) is 3.33. The lowest BCUT2D eigenvalue weighted by Crippen LogP contribution is -2.20. The highest BCUT2D eigenvalue weighted by Gasteiger charge is 1.94. The van der Waals surface area contributed by atoms with Gasteiger partial charge in [-0.15, -0.1) is 11.3 Å². The Morgan fingerprint density at radius 1 is 1.43 bits per heavy atom. The molecule has 0 amide bonds. The molecule has 1 aromatic heterocycles. The Balaban J connectivity index is 1.85. The first kappa shape index (κ1) is 11.6. The molecule has 0 aliphatic rings. The lowest BCUT2D eigenvalue weighted by Gasteiger charge is -2.02. The number of hydrogen-bond acceptors (Lipinski definition) is 4. The maximum atomic E-state index is 4.94. The first-order valence-electron chi connectivity index (χ1n) is 5.00. The summed E-state index contributed by atoms with van der Waals surface area (Å²) in [5.74, 6) is 0. The van der Waals surface area contributed by atoms with Crippen LogP contribution in [0.15, 0.2) is 11.7 Å². The summed E-state index contributed by atoms with van der Waals surface area (Å²) in [6.45, 7) is 2.84. The number of nitrogens with zero attached hydrogens (tertiary/aromatic N) is 1. The number of methoxy groups -OCH3 is 1. The molecule has 1 N–H and O–H groups in total. The van der Waals surface area contributed by atoms with E-state index in [1.165, 1.54) is 17.7 Å². The molecule has 0 atom stereocenters. The van der Waals surface area contributed by atoms with Crippen LogP contribution in [0.5, 0.6) is 0 Å². The van der Waals surface area contributed by atoms with E-state index >= 15 is 0 Å². The van der Waals surface area contributed by atoms with Crippen LogP contribution in [-0.2, 0) is 11.2 Å². The molecule has 0 aliphatic heterocycles. The van der Waals surface area contributed by atoms with E-state index < -0.39 is 0 Å². The molecular weight excluding hydrogens is 196 g/mol. The lowest BCUT2D eigenvalue weighted by molar-refractivity contribution is 0.199. The highest BCUT2D eigenvalue weighted by atomic mass is 32.1. The molecule has 0 saturated heterocycles. The van der Waals surface area contributed by atoms with Gasteiger partial charge in [0.05, 0.1) is 12.1 Å². The van der Waals surface area contributed by atoms with Crippen molar-refractivity contribution in [1.82, 2.24) is 10.3 Å². The number of unbranched alkanes of at least 4 members (excludes halogenated alkanes) is 1. The predicted octanol–water partition coefficient (Wildman–Crippen LogP) is 1.70. The van der Waals surface area contributed by atoms with E-state index in [0.29, 0.717) is 0 Å². The van der Waals surface area contributed by atoms with E-state index in [0.717, 1.165) is 26.1 Å². The quantitative estimate of drug-likeness (QED) is 0.669. The van der Waals surface area contributed by atoms with E-state index in [1.54, 1.807) is 18.4 Å². The topological polar surface area (TPSA) is 34.1 Å². The largest absolute Gasteiger partial charge is 0.383 e. The Kier molecular flexibility index (Phi) is 6.57. The maximum Gasteiger partial charge on any atom is 0.0794 e. The molecule has 0 aromatic carbocycles. The minimum absolute atomic E-state index is 0.800. The zero-order chi connectivity index (χ0) is 10.1. The van der Waals surface area contributed by atoms with Gasteiger partial charge in [0, 0.05) is 24.7 Å². The minimum atomic E-state index is 0.800. The standard InChI is InChI=1S/C10H18N2OS/c1-13-7-6-11-5-3-2-4-10-8-12-9-14-10/h8-9,11H,2-7H2,1H3. The molecule has 0 aliphatic carbocycles. The average Bonchev–Trinajstić information content (AvgIpc) is 2.69. The number of rotatable bonds is 8. The zero-order valence-corrected chi connectivity index (χ0v) is 9.48. The molecule has 0 saturated carbocycles. The molecule has 0 radical (unpaired) electrons. The van der Waals surface area contributed by atoms with Gasteiger partial charge in [0.15, 0.2) is 0 Å². The first-order valence-corrected chi connectivity index (χ1v) is 5.88. The SMILES string of the molecule is COCCNCCCCc1cncs1. The average molecular weight is 214 g/mol. The third-order valence-corrected chi connectivity index (χ3v) is 2.83. The summed E-state index contributed by atoms with van der Waals surface area (Å²) in [6, 6.07) is 0. The normalized spacial score (nSPS) is 10.6. The summed E-state index contributed by atoms with van der Waals surface area (Å²) in [7, 11) is 1.73. The number of hydrogen-bond donors (Lipinski definition) is 1. The van der Waals surface area contributed by atoms with Gasteiger partial charge in [-0.3, -0.25) is 4.98 Å². The van der Waals surface area contributed by atoms with E-state index in [-0.39, 0.29) is 0 Å². The summed E-state index contributed by atoms with van der Waals surface area (Å²) in [4.78, 5) is 5.44. The van der Waals surface area contributed by atoms with Crippen LogP contribution in [0.4, 0.5) is 0 Å². The van der Waals surface area contributed by atoms with Crippen molar-refractivity contribution >= 4 is 11.3 Å². The predicted molar refractivity (Wildman–Crippen MR) is 59.8 cm³/mol. The number of thiazole rings is 1. The molecule has 1 rings (SSSR count). The van der Waals surface area contributed by atoms with Crippen LogP contribution in [-0.4, -0.2) is 31.8 Å². The van der Waals surface area contributed by atoms with Gasteiger partial charge < -0.3 is 10.1 Å². The van der Waals surface area contributed by atoms with Crippen LogP contribution in [0.2, 0.25) is 0 Å². The van der Waals surface area contributed by atoms with Gasteiger partial charge in [0.1, 0.15) is 0 Å². The zero-order valence-electron chi connectivity index (χ0n) is 8.66. The Labute approximate surface area is 89.5 Å². The van der Waals surface area contributed by atoms with Gasteiger partial charge in [-0.2, -0.15) is 0 Å². The van der Waals surface area contributed by atoms with Gasteiger partial charge >= 0.3 is 0 Å². The van der Waals surface area contributed by atoms with Crippen molar-refractivity contribution in [1.29, 1.82) is 0 Å². The van der Waals surface area contributed by atoms with Crippen LogP contribution in [0.25, 0.3) is 0 Å². The maximum absolute atomic E-state index is 4.94. The first-order chi connectivity index (χ1) is 6.93. The van der Waals surface area contributed by atoms with E-state index in [2.05, 4.69) is 10.3 Å². The van der Waals surface area contributed by atoms with Crippen molar-refractivity contribution in [3.63, 3.8) is 0 Å². The number of aryl methyl sites for hydroxylation is 1. The second-order valence-electron chi connectivity index (χ2n) is 3.17. The summed E-state index contributed by atoms with van der Waals surface area (Å²) >= 11 is 1.74. The van der Waals surface area contributed by atoms with Crippen LogP contribution < -0.4 is 5.32 Å². The fourth-order valence-electron chi connectivity index (χ4n) is 1.21. The van der Waals surface area contributed by atoms with Crippen LogP contribution in [0.1, 0.15) is 17.7 Å². The molecule has 0 fully saturated rings. The molecule has 0 bridgehead atoms. The van der Waals surface area contributed by atoms with Crippen LogP contribution >= 0.6 is 11.3 Å². The van der Waals surface area contributed by atoms with Crippen LogP contribution in [0.3, 0.4) is 0 Å². The number of nitrogens with one attached hydrogen (secondary N) is 1. The van der Waals surface area contributed by atoms with Gasteiger partial charge in [-0.25, -0.2) is 0 Å². The van der Waals surface area contributed by atoms with Crippen molar-refractivity contribution in [2.75, 3.05) is 26.8 Å². The fourth-order valence-corrected chi connectivity index (χ4v) is 1.86. The highest BCUT2D eigenvalue weighted by Crippen LogP contribution is 2.08. The monoisotopic (exact) mass is 214 g/mol. The Morgan fingerprint density at radius 2 is 2.36 bits per heavy atom. The number of ether oxygens (including phenoxy) is 1. The molecule has 4 heteroatoms. The molecular formula is C10H18N2OS. The summed E-state index contributed by atoms with van der Waals surface area (Å²) in [6.07, 6.45) is 5.59. The lowest BCUT2D eigenvalue weighted by atomic mass is 10.2. The number of aromatic nitrogens is 1. The Bertz CT molecular complexity index is 214. The third-order valence-electron chi connectivity index (χ3n) is 1.99. The van der Waals surface area contributed by atoms with Crippen molar-refractivity contribution in [3.05, 3.63) is 16.6 Å². The van der Waals surface area contributed by atoms with Crippen molar-refractivity contribution in [3.8, 4) is 0 Å². The van der Waals surface area contributed by atoms with E-state index in [1.807, 2.05) is 11.7 Å². The molecule has 0 unspecified atom stereocenters. The van der Waals surface area contributed by atoms with E-state index in [4.69, 9.17) is 4.74 Å². The molecule has 3 nitrogen and oxygen atoms in total. The third kappa shape index (κ3) is 5.32. The molecule has 80 valence electrons. The summed E-state index contributed by atoms with van der Waals surface area (Å²) in [5.41, 5.74) is 1.90. The van der Waals surface area contributed by atoms with Crippen LogP contribution in [0, 0.1) is 0 Å². The highest BCUT2D eigenvalue weighted by molar-refractivity contribution is 7.09. The van der Waals surface area contributed by atoms with Crippen molar-refractivity contribution in [2.45, 2.75) is 19.3 Å². The van der Waals surface area contributed by atoms with Gasteiger partial charge in [-0.05, 0) is 25.8 Å². The van der Waals surface area contributed by atoms with E-state index in [9.17, 15) is 0 Å². The minimum Gasteiger partial charge on any atom is -0.383 e. The second kappa shape index (κ2) is 7.91. The second-order valence-corrected chi connectivity index (χ2v) is 4.14. The molecule has 1 aromatic rings. The van der Waals surface area contributed by atoms with Gasteiger partial charge in [0.2, 0.25) is 0 Å². The van der Waals surface area contributed by atoms with Gasteiger partial charge in [0.25, 0.3) is 0 Å². The smallest absolute Gasteiger partial charge is 0.0794 e. The Morgan fingerprint density at radius 3 is 3.07 bits per heavy atom. The molecule has 1 heterocycles. The van der Waals surface area contributed by atoms with Gasteiger partial charge in [-0.1, -0.05) is 0 Å². The molecule has 14 heavy (non-hydrogen) atoms. The van der Waals surface area contributed by atoms with Crippen molar-refractivity contribution in [2.24, 2.45) is 0 Å².